The van der Waals surface area contributed by atoms with Crippen LogP contribution in [0.3, 0.4) is 0 Å². The van der Waals surface area contributed by atoms with Crippen molar-refractivity contribution in [3.63, 3.8) is 0 Å². The summed E-state index contributed by atoms with van der Waals surface area (Å²) < 4.78 is 7.00. The summed E-state index contributed by atoms with van der Waals surface area (Å²) in [5.41, 5.74) is 1.59. The number of rotatable bonds is 6. The van der Waals surface area contributed by atoms with E-state index in [1.54, 1.807) is 25.3 Å². The van der Waals surface area contributed by atoms with E-state index in [1.165, 1.54) is 11.8 Å². The summed E-state index contributed by atoms with van der Waals surface area (Å²) in [4.78, 5) is 12.5. The highest BCUT2D eigenvalue weighted by molar-refractivity contribution is 8.00. The molecular weight excluding hydrogens is 384 g/mol. The molecule has 6 nitrogen and oxygen atoms in total. The SMILES string of the molecule is COc1ccc(NC(=O)[C@H](C)Sc2nnc(-c3ccccc3)n2C)cc1Cl. The largest absolute Gasteiger partial charge is 0.495 e. The quantitative estimate of drug-likeness (QED) is 0.624. The van der Waals surface area contributed by atoms with Crippen LogP contribution in [-0.4, -0.2) is 33.0 Å². The Morgan fingerprint density at radius 1 is 1.22 bits per heavy atom. The van der Waals surface area contributed by atoms with Crippen LogP contribution >= 0.6 is 23.4 Å². The second-order valence-electron chi connectivity index (χ2n) is 5.83. The van der Waals surface area contributed by atoms with Gasteiger partial charge in [0.05, 0.1) is 17.4 Å². The Bertz CT molecular complexity index is 946. The average Bonchev–Trinajstić information content (AvgIpc) is 3.03. The molecule has 1 atom stereocenters. The number of nitrogens with zero attached hydrogens (tertiary/aromatic N) is 3. The Hall–Kier alpha value is -2.51. The molecule has 0 saturated carbocycles. The number of amides is 1. The van der Waals surface area contributed by atoms with Crippen molar-refractivity contribution >= 4 is 35.0 Å². The second-order valence-corrected chi connectivity index (χ2v) is 7.55. The molecule has 2 aromatic carbocycles. The first-order valence-electron chi connectivity index (χ1n) is 8.25. The molecule has 3 aromatic rings. The maximum atomic E-state index is 12.5. The number of carbonyl (C=O) groups is 1. The summed E-state index contributed by atoms with van der Waals surface area (Å²) >= 11 is 7.45. The lowest BCUT2D eigenvalue weighted by molar-refractivity contribution is -0.115. The Labute approximate surface area is 166 Å². The number of hydrogen-bond donors (Lipinski definition) is 1. The van der Waals surface area contributed by atoms with Gasteiger partial charge in [-0.2, -0.15) is 0 Å². The monoisotopic (exact) mass is 402 g/mol. The van der Waals surface area contributed by atoms with Crippen molar-refractivity contribution in [1.29, 1.82) is 0 Å². The first kappa shape index (κ1) is 19.3. The molecule has 1 amide bonds. The normalized spacial score (nSPS) is 11.9. The van der Waals surface area contributed by atoms with Crippen LogP contribution in [0.2, 0.25) is 5.02 Å². The van der Waals surface area contributed by atoms with Crippen molar-refractivity contribution in [2.75, 3.05) is 12.4 Å². The van der Waals surface area contributed by atoms with Crippen molar-refractivity contribution in [1.82, 2.24) is 14.8 Å². The van der Waals surface area contributed by atoms with Gasteiger partial charge in [-0.1, -0.05) is 53.7 Å². The van der Waals surface area contributed by atoms with Crippen LogP contribution in [0.4, 0.5) is 5.69 Å². The maximum absolute atomic E-state index is 12.5. The zero-order chi connectivity index (χ0) is 19.4. The lowest BCUT2D eigenvalue weighted by atomic mass is 10.2. The molecule has 0 unspecified atom stereocenters. The number of benzene rings is 2. The molecule has 0 bridgehead atoms. The predicted molar refractivity (Wildman–Crippen MR) is 108 cm³/mol. The van der Waals surface area contributed by atoms with Gasteiger partial charge < -0.3 is 14.6 Å². The number of anilines is 1. The molecule has 140 valence electrons. The predicted octanol–water partition coefficient (Wildman–Crippen LogP) is 4.26. The van der Waals surface area contributed by atoms with Gasteiger partial charge in [-0.3, -0.25) is 4.79 Å². The van der Waals surface area contributed by atoms with Crippen LogP contribution in [0.15, 0.2) is 53.7 Å². The molecule has 0 radical (unpaired) electrons. The number of halogens is 1. The van der Waals surface area contributed by atoms with Gasteiger partial charge in [-0.25, -0.2) is 0 Å². The van der Waals surface area contributed by atoms with E-state index in [-0.39, 0.29) is 11.2 Å². The van der Waals surface area contributed by atoms with E-state index in [0.29, 0.717) is 21.6 Å². The van der Waals surface area contributed by atoms with E-state index in [1.807, 2.05) is 48.9 Å². The maximum Gasteiger partial charge on any atom is 0.237 e. The summed E-state index contributed by atoms with van der Waals surface area (Å²) in [5, 5.41) is 12.1. The minimum absolute atomic E-state index is 0.148. The molecular formula is C19H19ClN4O2S. The van der Waals surface area contributed by atoms with Gasteiger partial charge in [0.15, 0.2) is 11.0 Å². The third-order valence-corrected chi connectivity index (χ3v) is 5.37. The minimum Gasteiger partial charge on any atom is -0.495 e. The van der Waals surface area contributed by atoms with Crippen molar-refractivity contribution in [2.24, 2.45) is 7.05 Å². The number of carbonyl (C=O) groups excluding carboxylic acids is 1. The fourth-order valence-electron chi connectivity index (χ4n) is 2.46. The van der Waals surface area contributed by atoms with Crippen LogP contribution in [-0.2, 0) is 11.8 Å². The third kappa shape index (κ3) is 4.43. The number of nitrogens with one attached hydrogen (secondary N) is 1. The molecule has 0 fully saturated rings. The summed E-state index contributed by atoms with van der Waals surface area (Å²) in [5.74, 6) is 1.17. The lowest BCUT2D eigenvalue weighted by Gasteiger charge is -2.12. The molecule has 3 rings (SSSR count). The van der Waals surface area contributed by atoms with Crippen molar-refractivity contribution in [3.8, 4) is 17.1 Å². The van der Waals surface area contributed by atoms with E-state index in [4.69, 9.17) is 16.3 Å². The Morgan fingerprint density at radius 3 is 2.63 bits per heavy atom. The first-order valence-corrected chi connectivity index (χ1v) is 9.51. The molecule has 0 aliphatic carbocycles. The van der Waals surface area contributed by atoms with Gasteiger partial charge in [-0.15, -0.1) is 10.2 Å². The number of ether oxygens (including phenoxy) is 1. The van der Waals surface area contributed by atoms with Gasteiger partial charge in [0, 0.05) is 18.3 Å². The standard InChI is InChI=1S/C19H19ClN4O2S/c1-12(18(25)21-14-9-10-16(26-3)15(20)11-14)27-19-23-22-17(24(19)2)13-7-5-4-6-8-13/h4-12H,1-3H3,(H,21,25)/t12-/m0/s1. The van der Waals surface area contributed by atoms with Crippen LogP contribution in [0, 0.1) is 0 Å². The lowest BCUT2D eigenvalue weighted by Crippen LogP contribution is -2.22. The van der Waals surface area contributed by atoms with E-state index < -0.39 is 0 Å². The summed E-state index contributed by atoms with van der Waals surface area (Å²) in [6, 6.07) is 14.9. The Morgan fingerprint density at radius 2 is 1.96 bits per heavy atom. The molecule has 1 N–H and O–H groups in total. The molecule has 0 spiro atoms. The molecule has 0 aliphatic rings. The van der Waals surface area contributed by atoms with Gasteiger partial charge >= 0.3 is 0 Å². The zero-order valence-electron chi connectivity index (χ0n) is 15.1. The highest BCUT2D eigenvalue weighted by Gasteiger charge is 2.19. The summed E-state index contributed by atoms with van der Waals surface area (Å²) in [7, 11) is 3.43. The molecule has 8 heteroatoms. The van der Waals surface area contributed by atoms with Crippen LogP contribution in [0.1, 0.15) is 6.92 Å². The van der Waals surface area contributed by atoms with Crippen molar-refractivity contribution in [3.05, 3.63) is 53.6 Å². The number of methoxy groups -OCH3 is 1. The van der Waals surface area contributed by atoms with Crippen molar-refractivity contribution < 1.29 is 9.53 Å². The highest BCUT2D eigenvalue weighted by Crippen LogP contribution is 2.29. The second kappa shape index (κ2) is 8.45. The number of aromatic nitrogens is 3. The summed E-state index contributed by atoms with van der Waals surface area (Å²) in [6.07, 6.45) is 0. The third-order valence-electron chi connectivity index (χ3n) is 3.94. The van der Waals surface area contributed by atoms with E-state index in [0.717, 1.165) is 11.4 Å². The topological polar surface area (TPSA) is 69.0 Å². The van der Waals surface area contributed by atoms with Crippen LogP contribution in [0.25, 0.3) is 11.4 Å². The zero-order valence-corrected chi connectivity index (χ0v) is 16.7. The van der Waals surface area contributed by atoms with E-state index in [9.17, 15) is 4.79 Å². The summed E-state index contributed by atoms with van der Waals surface area (Å²) in [6.45, 7) is 1.82. The van der Waals surface area contributed by atoms with Gasteiger partial charge in [0.1, 0.15) is 5.75 Å². The van der Waals surface area contributed by atoms with Crippen LogP contribution in [0.5, 0.6) is 5.75 Å². The first-order chi connectivity index (χ1) is 13.0. The fraction of sp³-hybridized carbons (Fsp3) is 0.211. The van der Waals surface area contributed by atoms with Crippen molar-refractivity contribution in [2.45, 2.75) is 17.3 Å². The Kier molecular flexibility index (Phi) is 6.03. The Balaban J connectivity index is 1.68. The molecule has 27 heavy (non-hydrogen) atoms. The number of hydrogen-bond acceptors (Lipinski definition) is 5. The number of thioether (sulfide) groups is 1. The van der Waals surface area contributed by atoms with Gasteiger partial charge in [0.2, 0.25) is 5.91 Å². The smallest absolute Gasteiger partial charge is 0.237 e. The van der Waals surface area contributed by atoms with Gasteiger partial charge in [0.25, 0.3) is 0 Å². The van der Waals surface area contributed by atoms with Crippen LogP contribution < -0.4 is 10.1 Å². The fourth-order valence-corrected chi connectivity index (χ4v) is 3.53. The molecule has 1 heterocycles. The van der Waals surface area contributed by atoms with E-state index in [2.05, 4.69) is 15.5 Å². The molecule has 0 saturated heterocycles. The minimum atomic E-state index is -0.364. The average molecular weight is 403 g/mol. The highest BCUT2D eigenvalue weighted by atomic mass is 35.5. The van der Waals surface area contributed by atoms with Gasteiger partial charge in [-0.05, 0) is 25.1 Å². The van der Waals surface area contributed by atoms with E-state index >= 15 is 0 Å². The molecule has 1 aromatic heterocycles. The molecule has 0 aliphatic heterocycles.